The van der Waals surface area contributed by atoms with Crippen molar-refractivity contribution >= 4 is 15.7 Å². The van der Waals surface area contributed by atoms with Crippen LogP contribution in [0.25, 0.3) is 0 Å². The van der Waals surface area contributed by atoms with Gasteiger partial charge in [-0.15, -0.1) is 0 Å². The highest BCUT2D eigenvalue weighted by atomic mass is 32.2. The van der Waals surface area contributed by atoms with Crippen molar-refractivity contribution in [2.24, 2.45) is 5.73 Å². The van der Waals surface area contributed by atoms with Gasteiger partial charge in [0.25, 0.3) is 0 Å². The molecule has 2 rings (SSSR count). The summed E-state index contributed by atoms with van der Waals surface area (Å²) in [6.45, 7) is 1.25. The minimum absolute atomic E-state index is 0.564. The SMILES string of the molecule is CS(=O)(=O)N1CCc2cc(CCCN)ccc21. The summed E-state index contributed by atoms with van der Waals surface area (Å²) in [5, 5.41) is 0. The third kappa shape index (κ3) is 2.61. The molecule has 0 fully saturated rings. The molecular weight excluding hydrogens is 236 g/mol. The second-order valence-corrected chi connectivity index (χ2v) is 6.35. The highest BCUT2D eigenvalue weighted by molar-refractivity contribution is 7.92. The van der Waals surface area contributed by atoms with Crippen molar-refractivity contribution < 1.29 is 8.42 Å². The van der Waals surface area contributed by atoms with Crippen LogP contribution in [0.15, 0.2) is 18.2 Å². The van der Waals surface area contributed by atoms with Crippen LogP contribution in [-0.2, 0) is 22.9 Å². The first-order valence-electron chi connectivity index (χ1n) is 5.82. The Labute approximate surface area is 102 Å². The van der Waals surface area contributed by atoms with Crippen molar-refractivity contribution in [1.29, 1.82) is 0 Å². The zero-order valence-electron chi connectivity index (χ0n) is 10.0. The van der Waals surface area contributed by atoms with Crippen LogP contribution >= 0.6 is 0 Å². The molecule has 2 N–H and O–H groups in total. The first-order chi connectivity index (χ1) is 8.02. The van der Waals surface area contributed by atoms with Gasteiger partial charge in [0.05, 0.1) is 11.9 Å². The molecule has 17 heavy (non-hydrogen) atoms. The minimum atomic E-state index is -3.13. The van der Waals surface area contributed by atoms with E-state index in [-0.39, 0.29) is 0 Å². The number of hydrogen-bond acceptors (Lipinski definition) is 3. The molecule has 1 aromatic carbocycles. The Morgan fingerprint density at radius 2 is 2.18 bits per heavy atom. The van der Waals surface area contributed by atoms with Crippen molar-refractivity contribution in [3.05, 3.63) is 29.3 Å². The molecule has 0 aromatic heterocycles. The van der Waals surface area contributed by atoms with Gasteiger partial charge in [-0.3, -0.25) is 4.31 Å². The largest absolute Gasteiger partial charge is 0.330 e. The summed E-state index contributed by atoms with van der Waals surface area (Å²) >= 11 is 0. The van der Waals surface area contributed by atoms with Gasteiger partial charge in [0.2, 0.25) is 10.0 Å². The van der Waals surface area contributed by atoms with E-state index in [1.807, 2.05) is 12.1 Å². The second-order valence-electron chi connectivity index (χ2n) is 4.44. The van der Waals surface area contributed by atoms with Crippen LogP contribution in [0, 0.1) is 0 Å². The number of hydrogen-bond donors (Lipinski definition) is 1. The summed E-state index contributed by atoms with van der Waals surface area (Å²) in [6, 6.07) is 6.02. The van der Waals surface area contributed by atoms with Crippen LogP contribution in [0.1, 0.15) is 17.5 Å². The van der Waals surface area contributed by atoms with Crippen molar-refractivity contribution in [3.8, 4) is 0 Å². The summed E-state index contributed by atoms with van der Waals surface area (Å²) in [6.07, 6.45) is 3.99. The van der Waals surface area contributed by atoms with Gasteiger partial charge in [0.15, 0.2) is 0 Å². The average molecular weight is 254 g/mol. The van der Waals surface area contributed by atoms with E-state index in [4.69, 9.17) is 5.73 Å². The molecule has 0 unspecified atom stereocenters. The summed E-state index contributed by atoms with van der Waals surface area (Å²) in [4.78, 5) is 0. The number of sulfonamides is 1. The third-order valence-electron chi connectivity index (χ3n) is 3.07. The van der Waals surface area contributed by atoms with E-state index in [1.165, 1.54) is 16.1 Å². The molecule has 1 heterocycles. The lowest BCUT2D eigenvalue weighted by Crippen LogP contribution is -2.27. The lowest BCUT2D eigenvalue weighted by molar-refractivity contribution is 0.598. The maximum absolute atomic E-state index is 11.6. The predicted octanol–water partition coefficient (Wildman–Crippen LogP) is 0.900. The number of benzene rings is 1. The first kappa shape index (κ1) is 12.4. The zero-order valence-corrected chi connectivity index (χ0v) is 10.8. The Hall–Kier alpha value is -1.07. The van der Waals surface area contributed by atoms with Gasteiger partial charge < -0.3 is 5.73 Å². The van der Waals surface area contributed by atoms with E-state index >= 15 is 0 Å². The summed E-state index contributed by atoms with van der Waals surface area (Å²) in [7, 11) is -3.13. The fourth-order valence-electron chi connectivity index (χ4n) is 2.23. The molecule has 1 aliphatic heterocycles. The molecule has 0 radical (unpaired) electrons. The second kappa shape index (κ2) is 4.66. The number of aryl methyl sites for hydroxylation is 1. The summed E-state index contributed by atoms with van der Waals surface area (Å²) in [5.41, 5.74) is 8.69. The van der Waals surface area contributed by atoms with Crippen LogP contribution in [0.2, 0.25) is 0 Å². The molecule has 0 saturated carbocycles. The molecule has 0 bridgehead atoms. The molecule has 0 saturated heterocycles. The predicted molar refractivity (Wildman–Crippen MR) is 69.7 cm³/mol. The van der Waals surface area contributed by atoms with Crippen LogP contribution < -0.4 is 10.0 Å². The van der Waals surface area contributed by atoms with E-state index in [2.05, 4.69) is 6.07 Å². The Morgan fingerprint density at radius 1 is 1.41 bits per heavy atom. The Bertz CT molecular complexity index is 511. The quantitative estimate of drug-likeness (QED) is 0.868. The number of nitrogens with two attached hydrogens (primary N) is 1. The standard InChI is InChI=1S/C12H18N2O2S/c1-17(15,16)14-8-6-11-9-10(3-2-7-13)4-5-12(11)14/h4-5,9H,2-3,6-8,13H2,1H3. The molecule has 1 aliphatic rings. The van der Waals surface area contributed by atoms with Gasteiger partial charge in [-0.1, -0.05) is 12.1 Å². The average Bonchev–Trinajstić information content (AvgIpc) is 2.68. The molecular formula is C12H18N2O2S. The highest BCUT2D eigenvalue weighted by Gasteiger charge is 2.25. The van der Waals surface area contributed by atoms with E-state index < -0.39 is 10.0 Å². The molecule has 0 spiro atoms. The number of nitrogens with zero attached hydrogens (tertiary/aromatic N) is 1. The maximum Gasteiger partial charge on any atom is 0.232 e. The molecule has 0 aliphatic carbocycles. The summed E-state index contributed by atoms with van der Waals surface area (Å²) in [5.74, 6) is 0. The van der Waals surface area contributed by atoms with E-state index in [0.29, 0.717) is 13.1 Å². The van der Waals surface area contributed by atoms with Crippen LogP contribution in [0.3, 0.4) is 0 Å². The number of fused-ring (bicyclic) bond motifs is 1. The molecule has 4 nitrogen and oxygen atoms in total. The van der Waals surface area contributed by atoms with E-state index in [1.54, 1.807) is 0 Å². The Kier molecular flexibility index (Phi) is 3.40. The number of anilines is 1. The highest BCUT2D eigenvalue weighted by Crippen LogP contribution is 2.30. The van der Waals surface area contributed by atoms with Gasteiger partial charge in [-0.05, 0) is 43.0 Å². The first-order valence-corrected chi connectivity index (χ1v) is 7.67. The number of rotatable bonds is 4. The topological polar surface area (TPSA) is 63.4 Å². The molecule has 1 aromatic rings. The minimum Gasteiger partial charge on any atom is -0.330 e. The Morgan fingerprint density at radius 3 is 2.82 bits per heavy atom. The van der Waals surface area contributed by atoms with Crippen LogP contribution in [-0.4, -0.2) is 27.8 Å². The molecule has 0 atom stereocenters. The van der Waals surface area contributed by atoms with Crippen molar-refractivity contribution in [1.82, 2.24) is 0 Å². The van der Waals surface area contributed by atoms with Gasteiger partial charge in [0.1, 0.15) is 0 Å². The van der Waals surface area contributed by atoms with E-state index in [9.17, 15) is 8.42 Å². The van der Waals surface area contributed by atoms with Crippen molar-refractivity contribution in [2.45, 2.75) is 19.3 Å². The molecule has 5 heteroatoms. The maximum atomic E-state index is 11.6. The van der Waals surface area contributed by atoms with Gasteiger partial charge in [-0.2, -0.15) is 0 Å². The zero-order chi connectivity index (χ0) is 12.5. The lowest BCUT2D eigenvalue weighted by Gasteiger charge is -2.16. The van der Waals surface area contributed by atoms with Crippen molar-refractivity contribution in [2.75, 3.05) is 23.7 Å². The van der Waals surface area contributed by atoms with Gasteiger partial charge >= 0.3 is 0 Å². The fraction of sp³-hybridized carbons (Fsp3) is 0.500. The van der Waals surface area contributed by atoms with Crippen LogP contribution in [0.5, 0.6) is 0 Å². The lowest BCUT2D eigenvalue weighted by atomic mass is 10.0. The Balaban J connectivity index is 2.26. The normalized spacial score (nSPS) is 15.1. The summed E-state index contributed by atoms with van der Waals surface area (Å²) < 4.78 is 24.6. The van der Waals surface area contributed by atoms with E-state index in [0.717, 1.165) is 30.5 Å². The van der Waals surface area contributed by atoms with Crippen LogP contribution in [0.4, 0.5) is 5.69 Å². The van der Waals surface area contributed by atoms with Gasteiger partial charge in [0, 0.05) is 6.54 Å². The molecule has 94 valence electrons. The smallest absolute Gasteiger partial charge is 0.232 e. The van der Waals surface area contributed by atoms with Gasteiger partial charge in [-0.25, -0.2) is 8.42 Å². The third-order valence-corrected chi connectivity index (χ3v) is 4.25. The monoisotopic (exact) mass is 254 g/mol. The fourth-order valence-corrected chi connectivity index (χ4v) is 3.19. The molecule has 0 amide bonds. The van der Waals surface area contributed by atoms with Crippen molar-refractivity contribution in [3.63, 3.8) is 0 Å².